The summed E-state index contributed by atoms with van der Waals surface area (Å²) in [4.78, 5) is 21.1. The molecule has 2 aromatic heterocycles. The van der Waals surface area contributed by atoms with E-state index in [9.17, 15) is 0 Å². The largest absolute Gasteiger partial charge is 0.378 e. The van der Waals surface area contributed by atoms with Crippen molar-refractivity contribution in [3.8, 4) is 11.3 Å². The molecule has 8 heteroatoms. The van der Waals surface area contributed by atoms with E-state index in [4.69, 9.17) is 9.72 Å². The average Bonchev–Trinajstić information content (AvgIpc) is 3.45. The molecule has 3 aliphatic heterocycles. The fourth-order valence-electron chi connectivity index (χ4n) is 5.44. The first-order chi connectivity index (χ1) is 16.6. The van der Waals surface area contributed by atoms with Gasteiger partial charge < -0.3 is 19.9 Å². The van der Waals surface area contributed by atoms with Gasteiger partial charge in [0.25, 0.3) is 0 Å². The number of aromatic nitrogens is 3. The zero-order valence-electron chi connectivity index (χ0n) is 19.8. The fraction of sp³-hybridized carbons (Fsp3) is 0.423. The Hall–Kier alpha value is -3.23. The lowest BCUT2D eigenvalue weighted by Crippen LogP contribution is -2.44. The molecule has 2 bridgehead atoms. The van der Waals surface area contributed by atoms with Crippen LogP contribution in [0.15, 0.2) is 48.8 Å². The highest BCUT2D eigenvalue weighted by Gasteiger charge is 2.41. The van der Waals surface area contributed by atoms with E-state index in [0.717, 1.165) is 62.2 Å². The summed E-state index contributed by atoms with van der Waals surface area (Å²) in [5.74, 6) is 1.57. The summed E-state index contributed by atoms with van der Waals surface area (Å²) in [6.45, 7) is 7.73. The maximum absolute atomic E-state index is 5.43. The molecule has 0 spiro atoms. The van der Waals surface area contributed by atoms with E-state index in [1.807, 2.05) is 12.3 Å². The minimum Gasteiger partial charge on any atom is -0.378 e. The number of morpholine rings is 1. The number of anilines is 4. The summed E-state index contributed by atoms with van der Waals surface area (Å²) in [6.07, 6.45) is 4.95. The van der Waals surface area contributed by atoms with E-state index in [1.54, 1.807) is 6.20 Å². The molecule has 1 aromatic carbocycles. The van der Waals surface area contributed by atoms with Gasteiger partial charge in [-0.2, -0.15) is 0 Å². The number of piperazine rings is 1. The number of nitrogens with zero attached hydrogens (tertiary/aromatic N) is 6. The van der Waals surface area contributed by atoms with Crippen molar-refractivity contribution in [1.82, 2.24) is 19.9 Å². The summed E-state index contributed by atoms with van der Waals surface area (Å²) in [7, 11) is 2.24. The van der Waals surface area contributed by atoms with Gasteiger partial charge in [-0.25, -0.2) is 15.0 Å². The van der Waals surface area contributed by atoms with Gasteiger partial charge in [-0.3, -0.25) is 4.90 Å². The van der Waals surface area contributed by atoms with E-state index in [1.165, 1.54) is 17.7 Å². The maximum atomic E-state index is 5.43. The number of hydrogen-bond acceptors (Lipinski definition) is 8. The first-order valence-corrected chi connectivity index (χ1v) is 12.1. The molecule has 2 unspecified atom stereocenters. The number of fused-ring (bicyclic) bond motifs is 2. The summed E-state index contributed by atoms with van der Waals surface area (Å²) < 4.78 is 5.43. The van der Waals surface area contributed by atoms with Crippen LogP contribution in [-0.4, -0.2) is 78.4 Å². The van der Waals surface area contributed by atoms with Crippen LogP contribution in [0.25, 0.3) is 11.3 Å². The molecule has 3 aromatic rings. The van der Waals surface area contributed by atoms with Crippen LogP contribution in [0.4, 0.5) is 23.1 Å². The highest BCUT2D eigenvalue weighted by atomic mass is 16.5. The molecule has 1 N–H and O–H groups in total. The summed E-state index contributed by atoms with van der Waals surface area (Å²) in [6, 6.07) is 13.9. The van der Waals surface area contributed by atoms with Crippen LogP contribution in [0.2, 0.25) is 0 Å². The molecular weight excluding hydrogens is 426 g/mol. The number of hydrogen-bond donors (Lipinski definition) is 1. The average molecular weight is 458 g/mol. The first-order valence-electron chi connectivity index (χ1n) is 12.1. The van der Waals surface area contributed by atoms with E-state index >= 15 is 0 Å². The molecule has 0 amide bonds. The minimum absolute atomic E-state index is 0.587. The topological polar surface area (TPSA) is 69.6 Å². The second-order valence-corrected chi connectivity index (χ2v) is 9.53. The third kappa shape index (κ3) is 4.08. The van der Waals surface area contributed by atoms with Gasteiger partial charge in [0.15, 0.2) is 0 Å². The lowest BCUT2D eigenvalue weighted by atomic mass is 10.1. The molecule has 34 heavy (non-hydrogen) atoms. The normalized spacial score (nSPS) is 22.4. The van der Waals surface area contributed by atoms with Gasteiger partial charge in [0.1, 0.15) is 5.82 Å². The predicted molar refractivity (Wildman–Crippen MR) is 135 cm³/mol. The van der Waals surface area contributed by atoms with Crippen LogP contribution in [0.1, 0.15) is 12.0 Å². The first kappa shape index (κ1) is 21.3. The number of ether oxygens (including phenoxy) is 1. The quantitative estimate of drug-likeness (QED) is 0.626. The van der Waals surface area contributed by atoms with Gasteiger partial charge in [0, 0.05) is 67.6 Å². The summed E-state index contributed by atoms with van der Waals surface area (Å²) in [5, 5.41) is 3.39. The van der Waals surface area contributed by atoms with Gasteiger partial charge >= 0.3 is 0 Å². The third-order valence-corrected chi connectivity index (χ3v) is 7.31. The Bertz CT molecular complexity index is 1160. The Kier molecular flexibility index (Phi) is 5.55. The Morgan fingerprint density at radius 1 is 1.00 bits per heavy atom. The SMILES string of the molecule is Cc1cc(Nc2nccc(-c3ccc(N4CCOCC4)nc3)n2)ccc1N1CC2CC1CN2C. The van der Waals surface area contributed by atoms with Crippen LogP contribution in [-0.2, 0) is 4.74 Å². The van der Waals surface area contributed by atoms with Crippen LogP contribution in [0.5, 0.6) is 0 Å². The molecule has 0 radical (unpaired) electrons. The molecule has 5 heterocycles. The highest BCUT2D eigenvalue weighted by Crippen LogP contribution is 2.36. The summed E-state index contributed by atoms with van der Waals surface area (Å²) in [5.41, 5.74) is 5.44. The standard InChI is InChI=1S/C26H31N7O/c1-18-13-20(4-5-24(18)33-17-21-14-22(33)16-31(21)2)29-26-27-8-7-23(30-26)19-3-6-25(28-15-19)32-9-11-34-12-10-32/h3-8,13,15,21-22H,9-12,14,16-17H2,1-2H3,(H,27,29,30). The molecule has 2 atom stereocenters. The molecule has 3 aliphatic rings. The molecule has 3 saturated heterocycles. The number of rotatable bonds is 5. The zero-order valence-corrected chi connectivity index (χ0v) is 19.8. The number of likely N-dealkylation sites (N-methyl/N-ethyl adjacent to an activating group) is 1. The number of aryl methyl sites for hydroxylation is 1. The van der Waals surface area contributed by atoms with Crippen LogP contribution >= 0.6 is 0 Å². The summed E-state index contributed by atoms with van der Waals surface area (Å²) >= 11 is 0. The lowest BCUT2D eigenvalue weighted by Gasteiger charge is -2.34. The van der Waals surface area contributed by atoms with Gasteiger partial charge in [-0.1, -0.05) is 0 Å². The van der Waals surface area contributed by atoms with E-state index < -0.39 is 0 Å². The van der Waals surface area contributed by atoms with Gasteiger partial charge in [0.2, 0.25) is 5.95 Å². The van der Waals surface area contributed by atoms with Gasteiger partial charge in [-0.05, 0) is 62.4 Å². The Morgan fingerprint density at radius 3 is 2.59 bits per heavy atom. The van der Waals surface area contributed by atoms with Crippen molar-refractivity contribution in [2.45, 2.75) is 25.4 Å². The fourth-order valence-corrected chi connectivity index (χ4v) is 5.44. The van der Waals surface area contributed by atoms with Crippen molar-refractivity contribution in [2.75, 3.05) is 61.6 Å². The Labute approximate surface area is 200 Å². The van der Waals surface area contributed by atoms with Gasteiger partial charge in [-0.15, -0.1) is 0 Å². The smallest absolute Gasteiger partial charge is 0.227 e. The molecule has 176 valence electrons. The molecule has 8 nitrogen and oxygen atoms in total. The molecule has 6 rings (SSSR count). The second kappa shape index (κ2) is 8.85. The molecular formula is C26H31N7O. The Balaban J connectivity index is 1.16. The van der Waals surface area contributed by atoms with Crippen LogP contribution in [0.3, 0.4) is 0 Å². The zero-order chi connectivity index (χ0) is 23.1. The van der Waals surface area contributed by atoms with E-state index in [2.05, 4.69) is 74.3 Å². The van der Waals surface area contributed by atoms with E-state index in [0.29, 0.717) is 18.0 Å². The number of likely N-dealkylation sites (tertiary alicyclic amines) is 1. The van der Waals surface area contributed by atoms with Crippen molar-refractivity contribution in [1.29, 1.82) is 0 Å². The van der Waals surface area contributed by atoms with Crippen molar-refractivity contribution >= 4 is 23.1 Å². The molecule has 0 aliphatic carbocycles. The van der Waals surface area contributed by atoms with Gasteiger partial charge in [0.05, 0.1) is 18.9 Å². The monoisotopic (exact) mass is 457 g/mol. The number of pyridine rings is 1. The van der Waals surface area contributed by atoms with Crippen LogP contribution < -0.4 is 15.1 Å². The van der Waals surface area contributed by atoms with Crippen molar-refractivity contribution < 1.29 is 4.74 Å². The number of benzene rings is 1. The van der Waals surface area contributed by atoms with Crippen LogP contribution in [0, 0.1) is 6.92 Å². The molecule has 3 fully saturated rings. The van der Waals surface area contributed by atoms with Crippen molar-refractivity contribution in [3.05, 3.63) is 54.4 Å². The van der Waals surface area contributed by atoms with E-state index in [-0.39, 0.29) is 0 Å². The maximum Gasteiger partial charge on any atom is 0.227 e. The highest BCUT2D eigenvalue weighted by molar-refractivity contribution is 5.66. The third-order valence-electron chi connectivity index (χ3n) is 7.31. The minimum atomic E-state index is 0.587. The number of nitrogens with one attached hydrogen (secondary N) is 1. The van der Waals surface area contributed by atoms with Crippen molar-refractivity contribution in [3.63, 3.8) is 0 Å². The second-order valence-electron chi connectivity index (χ2n) is 9.53. The predicted octanol–water partition coefficient (Wildman–Crippen LogP) is 3.32. The Morgan fingerprint density at radius 2 is 1.88 bits per heavy atom. The lowest BCUT2D eigenvalue weighted by molar-refractivity contribution is 0.122. The van der Waals surface area contributed by atoms with Crippen molar-refractivity contribution in [2.24, 2.45) is 0 Å². The molecule has 0 saturated carbocycles.